The standard InChI is InChI=1S/C24H19ClF5N9O2/c1-36-23(31-12-34-36)14-8-33-37(10-14)16(6-7-41-24(29)30)17-4-2-13(11-38(17)40)20-18(5-3-15(25)21(20)26)39-19(22(27)28)9-32-35-39/h2-5,8-12,16,22,24H,6-7H2,1H3/t16-/m1/s1. The highest BCUT2D eigenvalue weighted by Gasteiger charge is 2.27. The summed E-state index contributed by atoms with van der Waals surface area (Å²) in [6.45, 7) is -3.44. The summed E-state index contributed by atoms with van der Waals surface area (Å²) in [5.74, 6) is -0.501. The molecule has 0 saturated carbocycles. The molecule has 0 aliphatic heterocycles. The van der Waals surface area contributed by atoms with Crippen molar-refractivity contribution in [2.75, 3.05) is 6.61 Å². The minimum absolute atomic E-state index is 0.0164. The van der Waals surface area contributed by atoms with E-state index in [1.165, 1.54) is 40.1 Å². The van der Waals surface area contributed by atoms with Crippen LogP contribution in [0.2, 0.25) is 5.02 Å². The number of rotatable bonds is 10. The summed E-state index contributed by atoms with van der Waals surface area (Å²) in [4.78, 5) is 4.14. The first-order valence-electron chi connectivity index (χ1n) is 11.8. The molecular weight excluding hydrogens is 577 g/mol. The van der Waals surface area contributed by atoms with Gasteiger partial charge in [-0.15, -0.1) is 5.10 Å². The Morgan fingerprint density at radius 3 is 2.56 bits per heavy atom. The highest BCUT2D eigenvalue weighted by atomic mass is 35.5. The summed E-state index contributed by atoms with van der Waals surface area (Å²) in [6, 6.07) is 4.25. The Labute approximate surface area is 233 Å². The molecule has 4 aromatic heterocycles. The van der Waals surface area contributed by atoms with Crippen molar-refractivity contribution < 1.29 is 31.4 Å². The van der Waals surface area contributed by atoms with Gasteiger partial charge in [-0.3, -0.25) is 4.68 Å². The fourth-order valence-electron chi connectivity index (χ4n) is 4.33. The third-order valence-corrected chi connectivity index (χ3v) is 6.49. The van der Waals surface area contributed by atoms with Crippen LogP contribution in [-0.4, -0.2) is 52.8 Å². The minimum Gasteiger partial charge on any atom is -0.618 e. The molecule has 41 heavy (non-hydrogen) atoms. The van der Waals surface area contributed by atoms with E-state index in [4.69, 9.17) is 11.6 Å². The van der Waals surface area contributed by atoms with Crippen LogP contribution in [0.15, 0.2) is 55.4 Å². The van der Waals surface area contributed by atoms with E-state index in [2.05, 4.69) is 30.2 Å². The number of alkyl halides is 4. The normalized spacial score (nSPS) is 12.5. The van der Waals surface area contributed by atoms with Crippen molar-refractivity contribution in [3.05, 3.63) is 82.8 Å². The zero-order valence-corrected chi connectivity index (χ0v) is 21.7. The maximum absolute atomic E-state index is 15.3. The molecule has 0 N–H and O–H groups in total. The molecule has 0 aliphatic carbocycles. The van der Waals surface area contributed by atoms with E-state index in [-0.39, 0.29) is 34.0 Å². The lowest BCUT2D eigenvalue weighted by atomic mass is 10.0. The van der Waals surface area contributed by atoms with Gasteiger partial charge >= 0.3 is 6.61 Å². The number of hydrogen-bond acceptors (Lipinski definition) is 7. The van der Waals surface area contributed by atoms with Gasteiger partial charge in [0.1, 0.15) is 18.1 Å². The predicted octanol–water partition coefficient (Wildman–Crippen LogP) is 4.51. The molecule has 0 radical (unpaired) electrons. The average Bonchev–Trinajstić information content (AvgIpc) is 3.69. The largest absolute Gasteiger partial charge is 0.618 e. The smallest absolute Gasteiger partial charge is 0.345 e. The van der Waals surface area contributed by atoms with Gasteiger partial charge in [0, 0.05) is 25.7 Å². The minimum atomic E-state index is -3.02. The van der Waals surface area contributed by atoms with Gasteiger partial charge in [0.25, 0.3) is 6.43 Å². The molecule has 5 rings (SSSR count). The molecule has 17 heteroatoms. The number of ether oxygens (including phenoxy) is 1. The van der Waals surface area contributed by atoms with Gasteiger partial charge in [-0.1, -0.05) is 16.8 Å². The molecule has 0 saturated heterocycles. The van der Waals surface area contributed by atoms with Gasteiger partial charge in [0.2, 0.25) is 5.69 Å². The first-order chi connectivity index (χ1) is 19.7. The number of pyridine rings is 1. The highest BCUT2D eigenvalue weighted by Crippen LogP contribution is 2.35. The molecule has 0 bridgehead atoms. The summed E-state index contributed by atoms with van der Waals surface area (Å²) in [5, 5.41) is 28.4. The molecule has 0 spiro atoms. The molecule has 11 nitrogen and oxygen atoms in total. The van der Waals surface area contributed by atoms with Crippen LogP contribution in [0.25, 0.3) is 28.2 Å². The topological polar surface area (TPSA) is 115 Å². The van der Waals surface area contributed by atoms with E-state index >= 15 is 4.39 Å². The molecule has 0 fully saturated rings. The molecule has 214 valence electrons. The summed E-state index contributed by atoms with van der Waals surface area (Å²) in [6.07, 6.45) is 3.18. The SMILES string of the molecule is Cn1ncnc1-c1cnn([C@H](CCOC(F)F)c2ccc(-c3c(-n4nncc4C(F)F)ccc(Cl)c3F)c[n+]2[O-])c1. The van der Waals surface area contributed by atoms with Crippen LogP contribution in [0.3, 0.4) is 0 Å². The van der Waals surface area contributed by atoms with Crippen molar-refractivity contribution in [1.82, 2.24) is 39.5 Å². The molecule has 0 aliphatic rings. The van der Waals surface area contributed by atoms with Crippen molar-refractivity contribution in [3.8, 4) is 28.2 Å². The van der Waals surface area contributed by atoms with Crippen LogP contribution in [-0.2, 0) is 11.8 Å². The van der Waals surface area contributed by atoms with Crippen LogP contribution < -0.4 is 4.73 Å². The number of nitrogens with zero attached hydrogens (tertiary/aromatic N) is 9. The summed E-state index contributed by atoms with van der Waals surface area (Å²) in [7, 11) is 1.67. The molecule has 0 amide bonds. The van der Waals surface area contributed by atoms with E-state index in [0.29, 0.717) is 16.1 Å². The zero-order chi connectivity index (χ0) is 29.3. The Morgan fingerprint density at radius 2 is 1.88 bits per heavy atom. The van der Waals surface area contributed by atoms with Gasteiger partial charge in [-0.2, -0.15) is 23.7 Å². The van der Waals surface area contributed by atoms with Gasteiger partial charge < -0.3 is 9.94 Å². The van der Waals surface area contributed by atoms with E-state index in [9.17, 15) is 22.8 Å². The molecule has 4 heterocycles. The van der Waals surface area contributed by atoms with Gasteiger partial charge in [0.05, 0.1) is 46.4 Å². The number of aryl methyl sites for hydroxylation is 1. The Kier molecular flexibility index (Phi) is 7.94. The number of benzene rings is 1. The van der Waals surface area contributed by atoms with Crippen molar-refractivity contribution in [1.29, 1.82) is 0 Å². The molecular formula is C24H19ClF5N9O2. The van der Waals surface area contributed by atoms with Crippen LogP contribution in [0.5, 0.6) is 0 Å². The van der Waals surface area contributed by atoms with E-state index in [1.807, 2.05) is 0 Å². The molecule has 0 unspecified atom stereocenters. The number of halogens is 6. The molecule has 5 aromatic rings. The second kappa shape index (κ2) is 11.6. The second-order valence-electron chi connectivity index (χ2n) is 8.65. The quantitative estimate of drug-likeness (QED) is 0.133. The highest BCUT2D eigenvalue weighted by molar-refractivity contribution is 6.31. The Bertz CT molecular complexity index is 1670. The monoisotopic (exact) mass is 595 g/mol. The third-order valence-electron chi connectivity index (χ3n) is 6.20. The summed E-state index contributed by atoms with van der Waals surface area (Å²) >= 11 is 5.99. The summed E-state index contributed by atoms with van der Waals surface area (Å²) in [5.41, 5.74) is -0.421. The van der Waals surface area contributed by atoms with E-state index in [0.717, 1.165) is 23.1 Å². The summed E-state index contributed by atoms with van der Waals surface area (Å²) < 4.78 is 76.3. The van der Waals surface area contributed by atoms with E-state index < -0.39 is 37.2 Å². The van der Waals surface area contributed by atoms with Crippen molar-refractivity contribution >= 4 is 11.6 Å². The lowest BCUT2D eigenvalue weighted by Gasteiger charge is -2.18. The van der Waals surface area contributed by atoms with Gasteiger partial charge in [-0.25, -0.2) is 27.5 Å². The Balaban J connectivity index is 1.57. The predicted molar refractivity (Wildman–Crippen MR) is 133 cm³/mol. The average molecular weight is 596 g/mol. The first kappa shape index (κ1) is 28.1. The fourth-order valence-corrected chi connectivity index (χ4v) is 4.49. The van der Waals surface area contributed by atoms with Crippen molar-refractivity contribution in [2.45, 2.75) is 25.5 Å². The fraction of sp³-hybridized carbons (Fsp3) is 0.250. The van der Waals surface area contributed by atoms with Gasteiger partial charge in [0.15, 0.2) is 17.8 Å². The molecule has 1 aromatic carbocycles. The number of aromatic nitrogens is 9. The lowest BCUT2D eigenvalue weighted by Crippen LogP contribution is -2.36. The van der Waals surface area contributed by atoms with Gasteiger partial charge in [-0.05, 0) is 18.2 Å². The van der Waals surface area contributed by atoms with Crippen molar-refractivity contribution in [2.24, 2.45) is 7.05 Å². The maximum atomic E-state index is 15.3. The van der Waals surface area contributed by atoms with Crippen LogP contribution in [0.4, 0.5) is 22.0 Å². The zero-order valence-electron chi connectivity index (χ0n) is 21.0. The van der Waals surface area contributed by atoms with E-state index in [1.54, 1.807) is 13.2 Å². The Morgan fingerprint density at radius 1 is 1.07 bits per heavy atom. The Hall–Kier alpha value is -4.44. The second-order valence-corrected chi connectivity index (χ2v) is 9.05. The van der Waals surface area contributed by atoms with Crippen molar-refractivity contribution in [3.63, 3.8) is 0 Å². The lowest BCUT2D eigenvalue weighted by molar-refractivity contribution is -0.615. The van der Waals surface area contributed by atoms with Crippen LogP contribution >= 0.6 is 11.6 Å². The third kappa shape index (κ3) is 5.60. The van der Waals surface area contributed by atoms with Crippen LogP contribution in [0.1, 0.15) is 30.3 Å². The maximum Gasteiger partial charge on any atom is 0.345 e. The first-order valence-corrected chi connectivity index (χ1v) is 12.2. The molecule has 1 atom stereocenters. The van der Waals surface area contributed by atoms with Crippen LogP contribution in [0, 0.1) is 11.0 Å². The number of hydrogen-bond donors (Lipinski definition) is 0.